The van der Waals surface area contributed by atoms with Crippen molar-refractivity contribution in [2.24, 2.45) is 0 Å². The van der Waals surface area contributed by atoms with Crippen LogP contribution in [0.2, 0.25) is 0 Å². The van der Waals surface area contributed by atoms with E-state index in [1.54, 1.807) is 19.2 Å². The van der Waals surface area contributed by atoms with E-state index in [1.807, 2.05) is 24.5 Å². The highest BCUT2D eigenvalue weighted by atomic mass is 32.1. The number of fused-ring (bicyclic) bond motifs is 1. The lowest BCUT2D eigenvalue weighted by Crippen LogP contribution is -2.18. The van der Waals surface area contributed by atoms with Crippen LogP contribution in [0, 0.1) is 4.77 Å². The molecule has 2 aromatic rings. The zero-order chi connectivity index (χ0) is 14.7. The summed E-state index contributed by atoms with van der Waals surface area (Å²) in [6, 6.07) is 5.31. The van der Waals surface area contributed by atoms with E-state index in [2.05, 4.69) is 4.98 Å². The Morgan fingerprint density at radius 3 is 2.80 bits per heavy atom. The number of aromatic nitrogens is 2. The van der Waals surface area contributed by atoms with E-state index in [1.165, 1.54) is 0 Å². The van der Waals surface area contributed by atoms with Gasteiger partial charge in [-0.15, -0.1) is 0 Å². The third-order valence-corrected chi connectivity index (χ3v) is 3.29. The minimum atomic E-state index is -0.186. The quantitative estimate of drug-likeness (QED) is 0.861. The molecule has 1 N–H and O–H groups in total. The van der Waals surface area contributed by atoms with Crippen molar-refractivity contribution in [2.75, 3.05) is 13.7 Å². The molecule has 20 heavy (non-hydrogen) atoms. The Kier molecular flexibility index (Phi) is 4.57. The van der Waals surface area contributed by atoms with Gasteiger partial charge < -0.3 is 14.0 Å². The molecule has 0 bridgehead atoms. The lowest BCUT2D eigenvalue weighted by molar-refractivity contribution is 0.0729. The van der Waals surface area contributed by atoms with Gasteiger partial charge in [-0.1, -0.05) is 0 Å². The number of rotatable bonds is 5. The zero-order valence-corrected chi connectivity index (χ0v) is 12.6. The van der Waals surface area contributed by atoms with Crippen LogP contribution in [0.3, 0.4) is 0 Å². The molecule has 6 heteroatoms. The first-order valence-corrected chi connectivity index (χ1v) is 6.86. The monoisotopic (exact) mass is 294 g/mol. The fourth-order valence-corrected chi connectivity index (χ4v) is 2.28. The first-order valence-electron chi connectivity index (χ1n) is 6.45. The van der Waals surface area contributed by atoms with Gasteiger partial charge in [-0.25, -0.2) is 0 Å². The topological polar surface area (TPSA) is 56.2 Å². The van der Waals surface area contributed by atoms with Crippen molar-refractivity contribution in [2.45, 2.75) is 26.5 Å². The van der Waals surface area contributed by atoms with Crippen molar-refractivity contribution in [3.63, 3.8) is 0 Å². The van der Waals surface area contributed by atoms with Gasteiger partial charge in [-0.2, -0.15) is 0 Å². The van der Waals surface area contributed by atoms with Gasteiger partial charge in [0, 0.05) is 12.6 Å². The van der Waals surface area contributed by atoms with Gasteiger partial charge in [0.05, 0.1) is 30.7 Å². The summed E-state index contributed by atoms with van der Waals surface area (Å²) in [6.07, 6.45) is 0.160. The minimum absolute atomic E-state index is 0.160. The predicted molar refractivity (Wildman–Crippen MR) is 81.0 cm³/mol. The van der Waals surface area contributed by atoms with E-state index in [4.69, 9.17) is 21.7 Å². The molecule has 0 unspecified atom stereocenters. The van der Waals surface area contributed by atoms with Crippen LogP contribution in [0.1, 0.15) is 13.8 Å². The van der Waals surface area contributed by atoms with Gasteiger partial charge in [0.2, 0.25) is 0 Å². The average Bonchev–Trinajstić information content (AvgIpc) is 2.41. The smallest absolute Gasteiger partial charge is 0.259 e. The standard InChI is InChI=1S/C14H18N2O3S/c1-9(2)19-7-6-16-12-8-10(18-3)4-5-11(12)13(17)15-14(16)20/h4-5,8-9H,6-7H2,1-3H3,(H,15,17,20). The van der Waals surface area contributed by atoms with Crippen LogP contribution >= 0.6 is 12.2 Å². The summed E-state index contributed by atoms with van der Waals surface area (Å²) in [6.45, 7) is 5.07. The fraction of sp³-hybridized carbons (Fsp3) is 0.429. The molecule has 1 aromatic carbocycles. The first kappa shape index (κ1) is 14.7. The summed E-state index contributed by atoms with van der Waals surface area (Å²) < 4.78 is 13.0. The maximum atomic E-state index is 11.9. The average molecular weight is 294 g/mol. The van der Waals surface area contributed by atoms with Gasteiger partial charge in [-0.05, 0) is 38.2 Å². The number of H-pyrrole nitrogens is 1. The van der Waals surface area contributed by atoms with Crippen molar-refractivity contribution in [1.82, 2.24) is 9.55 Å². The first-order chi connectivity index (χ1) is 9.52. The van der Waals surface area contributed by atoms with Crippen molar-refractivity contribution in [3.8, 4) is 5.75 Å². The second-order valence-electron chi connectivity index (χ2n) is 4.71. The number of methoxy groups -OCH3 is 1. The highest BCUT2D eigenvalue weighted by molar-refractivity contribution is 7.71. The van der Waals surface area contributed by atoms with Crippen molar-refractivity contribution in [3.05, 3.63) is 33.3 Å². The Bertz CT molecular complexity index is 718. The summed E-state index contributed by atoms with van der Waals surface area (Å²) in [7, 11) is 1.59. The molecule has 0 atom stereocenters. The van der Waals surface area contributed by atoms with Crippen LogP contribution in [-0.2, 0) is 11.3 Å². The van der Waals surface area contributed by atoms with Crippen LogP contribution in [-0.4, -0.2) is 29.4 Å². The molecule has 1 aromatic heterocycles. The SMILES string of the molecule is COc1ccc2c(=O)[nH]c(=S)n(CCOC(C)C)c2c1. The maximum Gasteiger partial charge on any atom is 0.259 e. The molecule has 0 saturated heterocycles. The van der Waals surface area contributed by atoms with E-state index in [9.17, 15) is 4.79 Å². The molecule has 2 rings (SSSR count). The van der Waals surface area contributed by atoms with Gasteiger partial charge in [0.15, 0.2) is 4.77 Å². The number of hydrogen-bond acceptors (Lipinski definition) is 4. The van der Waals surface area contributed by atoms with Crippen LogP contribution in [0.15, 0.2) is 23.0 Å². The Morgan fingerprint density at radius 2 is 2.15 bits per heavy atom. The summed E-state index contributed by atoms with van der Waals surface area (Å²) in [5.74, 6) is 0.691. The Balaban J connectivity index is 2.50. The van der Waals surface area contributed by atoms with Gasteiger partial charge in [0.1, 0.15) is 5.75 Å². The number of nitrogens with zero attached hydrogens (tertiary/aromatic N) is 1. The summed E-state index contributed by atoms with van der Waals surface area (Å²) in [5.41, 5.74) is 0.569. The van der Waals surface area contributed by atoms with E-state index in [-0.39, 0.29) is 11.7 Å². The van der Waals surface area contributed by atoms with E-state index < -0.39 is 0 Å². The molecule has 5 nitrogen and oxygen atoms in total. The van der Waals surface area contributed by atoms with Crippen molar-refractivity contribution in [1.29, 1.82) is 0 Å². The number of aromatic amines is 1. The minimum Gasteiger partial charge on any atom is -0.497 e. The van der Waals surface area contributed by atoms with Crippen LogP contribution in [0.5, 0.6) is 5.75 Å². The molecular weight excluding hydrogens is 276 g/mol. The van der Waals surface area contributed by atoms with E-state index in [0.717, 1.165) is 5.52 Å². The normalized spacial score (nSPS) is 11.2. The molecule has 0 aliphatic heterocycles. The van der Waals surface area contributed by atoms with Crippen molar-refractivity contribution < 1.29 is 9.47 Å². The summed E-state index contributed by atoms with van der Waals surface area (Å²) in [4.78, 5) is 14.6. The molecule has 1 heterocycles. The van der Waals surface area contributed by atoms with E-state index in [0.29, 0.717) is 29.1 Å². The Hall–Kier alpha value is -1.66. The number of hydrogen-bond donors (Lipinski definition) is 1. The summed E-state index contributed by atoms with van der Waals surface area (Å²) in [5, 5.41) is 0.587. The second kappa shape index (κ2) is 6.19. The van der Waals surface area contributed by atoms with Crippen LogP contribution < -0.4 is 10.3 Å². The number of benzene rings is 1. The highest BCUT2D eigenvalue weighted by Gasteiger charge is 2.07. The highest BCUT2D eigenvalue weighted by Crippen LogP contribution is 2.18. The molecule has 0 amide bonds. The predicted octanol–water partition coefficient (Wildman–Crippen LogP) is 2.49. The molecule has 0 spiro atoms. The van der Waals surface area contributed by atoms with E-state index >= 15 is 0 Å². The fourth-order valence-electron chi connectivity index (χ4n) is 2.00. The molecule has 0 fully saturated rings. The van der Waals surface area contributed by atoms with Gasteiger partial charge >= 0.3 is 0 Å². The second-order valence-corrected chi connectivity index (χ2v) is 5.10. The van der Waals surface area contributed by atoms with Crippen LogP contribution in [0.4, 0.5) is 0 Å². The lowest BCUT2D eigenvalue weighted by atomic mass is 10.2. The third kappa shape index (κ3) is 3.08. The zero-order valence-electron chi connectivity index (χ0n) is 11.8. The summed E-state index contributed by atoms with van der Waals surface area (Å²) >= 11 is 5.24. The molecule has 0 saturated carbocycles. The third-order valence-electron chi connectivity index (χ3n) is 2.97. The number of ether oxygens (including phenoxy) is 2. The molecule has 0 radical (unpaired) electrons. The number of nitrogens with one attached hydrogen (secondary N) is 1. The molecular formula is C14H18N2O3S. The Labute approximate surface area is 122 Å². The molecule has 0 aliphatic rings. The maximum absolute atomic E-state index is 11.9. The van der Waals surface area contributed by atoms with Gasteiger partial charge in [0.25, 0.3) is 5.56 Å². The van der Waals surface area contributed by atoms with Gasteiger partial charge in [-0.3, -0.25) is 9.78 Å². The largest absolute Gasteiger partial charge is 0.497 e. The van der Waals surface area contributed by atoms with Crippen LogP contribution in [0.25, 0.3) is 10.9 Å². The lowest BCUT2D eigenvalue weighted by Gasteiger charge is -2.13. The Morgan fingerprint density at radius 1 is 1.40 bits per heavy atom. The molecule has 0 aliphatic carbocycles. The van der Waals surface area contributed by atoms with Crippen molar-refractivity contribution >= 4 is 23.1 Å². The molecule has 108 valence electrons.